The Balaban J connectivity index is 1.59. The Morgan fingerprint density at radius 2 is 2.04 bits per heavy atom. The Morgan fingerprint density at radius 1 is 1.22 bits per heavy atom. The molecule has 142 valence electrons. The highest BCUT2D eigenvalue weighted by atomic mass is 16.2. The molecular weight excluding hydrogens is 340 g/mol. The van der Waals surface area contributed by atoms with Crippen LogP contribution in [-0.2, 0) is 16.1 Å². The Bertz CT molecular complexity index is 878. The lowest BCUT2D eigenvalue weighted by Gasteiger charge is -2.44. The van der Waals surface area contributed by atoms with E-state index in [2.05, 4.69) is 27.3 Å². The number of pyridine rings is 1. The van der Waals surface area contributed by atoms with E-state index in [4.69, 9.17) is 0 Å². The largest absolute Gasteiger partial charge is 0.347 e. The number of hydrogen-bond donors (Lipinski definition) is 1. The number of rotatable bonds is 3. The van der Waals surface area contributed by atoms with E-state index in [0.29, 0.717) is 12.5 Å². The van der Waals surface area contributed by atoms with Crippen LogP contribution in [0.2, 0.25) is 0 Å². The number of carbonyl (C=O) groups is 2. The summed E-state index contributed by atoms with van der Waals surface area (Å²) in [6, 6.07) is 10.3. The van der Waals surface area contributed by atoms with Gasteiger partial charge < -0.3 is 10.2 Å². The molecule has 6 heteroatoms. The molecule has 0 saturated carbocycles. The molecule has 1 aromatic heterocycles. The average molecular weight is 366 g/mol. The summed E-state index contributed by atoms with van der Waals surface area (Å²) in [5.74, 6) is 0.420. The first-order valence-electron chi connectivity index (χ1n) is 9.56. The van der Waals surface area contributed by atoms with Crippen LogP contribution < -0.4 is 5.32 Å². The summed E-state index contributed by atoms with van der Waals surface area (Å²) in [6.45, 7) is 7.06. The molecule has 2 atom stereocenters. The summed E-state index contributed by atoms with van der Waals surface area (Å²) in [5, 5.41) is 4.38. The number of piperidine rings is 1. The zero-order valence-electron chi connectivity index (χ0n) is 15.9. The van der Waals surface area contributed by atoms with Crippen molar-refractivity contribution >= 4 is 22.7 Å². The summed E-state index contributed by atoms with van der Waals surface area (Å²) in [4.78, 5) is 32.6. The average Bonchev–Trinajstić information content (AvgIpc) is 2.97. The van der Waals surface area contributed by atoms with E-state index in [1.165, 1.54) is 10.9 Å². The number of aromatic nitrogens is 1. The van der Waals surface area contributed by atoms with Gasteiger partial charge in [-0.1, -0.05) is 18.2 Å². The molecule has 3 heterocycles. The van der Waals surface area contributed by atoms with E-state index in [1.54, 1.807) is 13.8 Å². The van der Waals surface area contributed by atoms with Gasteiger partial charge in [-0.15, -0.1) is 0 Å². The normalized spacial score (nSPS) is 25.4. The van der Waals surface area contributed by atoms with Gasteiger partial charge in [-0.25, -0.2) is 0 Å². The predicted octanol–water partition coefficient (Wildman–Crippen LogP) is 1.79. The van der Waals surface area contributed by atoms with Crippen LogP contribution in [0.15, 0.2) is 36.5 Å². The Morgan fingerprint density at radius 3 is 2.81 bits per heavy atom. The molecule has 27 heavy (non-hydrogen) atoms. The van der Waals surface area contributed by atoms with Crippen molar-refractivity contribution in [1.29, 1.82) is 0 Å². The van der Waals surface area contributed by atoms with Crippen molar-refractivity contribution in [1.82, 2.24) is 20.1 Å². The number of para-hydroxylation sites is 1. The number of nitrogens with zero attached hydrogens (tertiary/aromatic N) is 3. The lowest BCUT2D eigenvalue weighted by atomic mass is 9.81. The summed E-state index contributed by atoms with van der Waals surface area (Å²) in [6.07, 6.45) is 2.79. The number of carbonyl (C=O) groups excluding carboxylic acids is 2. The second kappa shape index (κ2) is 6.93. The van der Waals surface area contributed by atoms with Gasteiger partial charge in [0.05, 0.1) is 11.1 Å². The summed E-state index contributed by atoms with van der Waals surface area (Å²) >= 11 is 0. The van der Waals surface area contributed by atoms with Gasteiger partial charge in [-0.2, -0.15) is 0 Å². The second-order valence-corrected chi connectivity index (χ2v) is 7.92. The first-order valence-corrected chi connectivity index (χ1v) is 9.56. The van der Waals surface area contributed by atoms with Crippen molar-refractivity contribution in [2.75, 3.05) is 26.2 Å². The molecule has 2 aromatic rings. The molecule has 2 aliphatic rings. The third-order valence-corrected chi connectivity index (χ3v) is 5.99. The van der Waals surface area contributed by atoms with Crippen LogP contribution in [0.1, 0.15) is 25.8 Å². The monoisotopic (exact) mass is 366 g/mol. The summed E-state index contributed by atoms with van der Waals surface area (Å²) in [5.41, 5.74) is 1.91. The molecule has 6 nitrogen and oxygen atoms in total. The van der Waals surface area contributed by atoms with Gasteiger partial charge in [0.25, 0.3) is 0 Å². The minimum Gasteiger partial charge on any atom is -0.347 e. The van der Waals surface area contributed by atoms with Gasteiger partial charge in [-0.05, 0) is 30.0 Å². The van der Waals surface area contributed by atoms with Crippen molar-refractivity contribution in [3.8, 4) is 0 Å². The molecule has 2 amide bonds. The molecule has 2 saturated heterocycles. The second-order valence-electron chi connectivity index (χ2n) is 7.92. The van der Waals surface area contributed by atoms with Crippen LogP contribution in [-0.4, -0.2) is 58.3 Å². The van der Waals surface area contributed by atoms with Gasteiger partial charge in [-0.3, -0.25) is 19.5 Å². The lowest BCUT2D eigenvalue weighted by molar-refractivity contribution is -0.133. The SMILES string of the molecule is CC(=O)N[C@]12CN(Cc3ccnc4ccccc34)C[C@H]1CCN(C(C)=O)C2. The van der Waals surface area contributed by atoms with Crippen molar-refractivity contribution in [2.24, 2.45) is 5.92 Å². The number of amides is 2. The van der Waals surface area contributed by atoms with Crippen LogP contribution in [0, 0.1) is 5.92 Å². The molecule has 4 rings (SSSR count). The van der Waals surface area contributed by atoms with Crippen molar-refractivity contribution < 1.29 is 9.59 Å². The Hall–Kier alpha value is -2.47. The van der Waals surface area contributed by atoms with Crippen LogP contribution in [0.25, 0.3) is 10.9 Å². The number of nitrogens with one attached hydrogen (secondary N) is 1. The maximum Gasteiger partial charge on any atom is 0.219 e. The number of benzene rings is 1. The van der Waals surface area contributed by atoms with E-state index < -0.39 is 0 Å². The third-order valence-electron chi connectivity index (χ3n) is 5.99. The Labute approximate surface area is 159 Å². The first-order chi connectivity index (χ1) is 13.0. The van der Waals surface area contributed by atoms with Crippen LogP contribution in [0.3, 0.4) is 0 Å². The van der Waals surface area contributed by atoms with Gasteiger partial charge in [0.15, 0.2) is 0 Å². The highest BCUT2D eigenvalue weighted by Gasteiger charge is 2.50. The maximum atomic E-state index is 11.9. The zero-order chi connectivity index (χ0) is 19.0. The van der Waals surface area contributed by atoms with Crippen molar-refractivity contribution in [3.05, 3.63) is 42.1 Å². The fourth-order valence-corrected chi connectivity index (χ4v) is 4.81. The van der Waals surface area contributed by atoms with E-state index in [0.717, 1.165) is 38.1 Å². The van der Waals surface area contributed by atoms with Crippen molar-refractivity contribution in [3.63, 3.8) is 0 Å². The van der Waals surface area contributed by atoms with Crippen LogP contribution >= 0.6 is 0 Å². The zero-order valence-corrected chi connectivity index (χ0v) is 15.9. The molecule has 1 N–H and O–H groups in total. The van der Waals surface area contributed by atoms with E-state index in [-0.39, 0.29) is 17.4 Å². The molecule has 0 radical (unpaired) electrons. The first kappa shape index (κ1) is 17.9. The number of likely N-dealkylation sites (tertiary alicyclic amines) is 2. The van der Waals surface area contributed by atoms with Crippen molar-refractivity contribution in [2.45, 2.75) is 32.4 Å². The van der Waals surface area contributed by atoms with E-state index in [9.17, 15) is 9.59 Å². The third kappa shape index (κ3) is 3.41. The van der Waals surface area contributed by atoms with E-state index >= 15 is 0 Å². The van der Waals surface area contributed by atoms with Gasteiger partial charge >= 0.3 is 0 Å². The molecule has 0 aliphatic carbocycles. The molecule has 0 spiro atoms. The fraction of sp³-hybridized carbons (Fsp3) is 0.476. The number of fused-ring (bicyclic) bond motifs is 2. The quantitative estimate of drug-likeness (QED) is 0.900. The maximum absolute atomic E-state index is 11.9. The van der Waals surface area contributed by atoms with E-state index in [1.807, 2.05) is 29.3 Å². The summed E-state index contributed by atoms with van der Waals surface area (Å²) < 4.78 is 0. The number of hydrogen-bond acceptors (Lipinski definition) is 4. The molecule has 0 bridgehead atoms. The highest BCUT2D eigenvalue weighted by molar-refractivity contribution is 5.81. The van der Waals surface area contributed by atoms with Gasteiger partial charge in [0.2, 0.25) is 11.8 Å². The van der Waals surface area contributed by atoms with Crippen LogP contribution in [0.4, 0.5) is 0 Å². The molecular formula is C21H26N4O2. The molecule has 2 fully saturated rings. The lowest BCUT2D eigenvalue weighted by Crippen LogP contribution is -2.64. The minimum atomic E-state index is -0.349. The molecule has 0 unspecified atom stereocenters. The Kier molecular flexibility index (Phi) is 4.60. The standard InChI is InChI=1S/C21H26N4O2/c1-15(26)23-21-13-24(12-18(21)8-10-25(14-21)16(2)27)11-17-7-9-22-20-6-4-3-5-19(17)20/h3-7,9,18H,8,10-14H2,1-2H3,(H,23,26)/t18-,21+/m1/s1. The highest BCUT2D eigenvalue weighted by Crippen LogP contribution is 2.36. The van der Waals surface area contributed by atoms with Crippen LogP contribution in [0.5, 0.6) is 0 Å². The van der Waals surface area contributed by atoms with Gasteiger partial charge in [0.1, 0.15) is 0 Å². The summed E-state index contributed by atoms with van der Waals surface area (Å²) in [7, 11) is 0. The smallest absolute Gasteiger partial charge is 0.219 e. The minimum absolute atomic E-state index is 0.0263. The topological polar surface area (TPSA) is 65.5 Å². The molecule has 1 aromatic carbocycles. The fourth-order valence-electron chi connectivity index (χ4n) is 4.81. The van der Waals surface area contributed by atoms with Gasteiger partial charge in [0, 0.05) is 58.2 Å². The predicted molar refractivity (Wildman–Crippen MR) is 104 cm³/mol. The molecule has 2 aliphatic heterocycles.